The van der Waals surface area contributed by atoms with Crippen LogP contribution in [-0.4, -0.2) is 18.9 Å². The molecule has 0 aliphatic carbocycles. The third-order valence-corrected chi connectivity index (χ3v) is 5.71. The molecule has 0 aromatic carbocycles. The first-order chi connectivity index (χ1) is 13.7. The zero-order valence-electron chi connectivity index (χ0n) is 19.1. The summed E-state index contributed by atoms with van der Waals surface area (Å²) in [5.74, 6) is 0.351. The molecule has 0 aliphatic heterocycles. The van der Waals surface area contributed by atoms with Gasteiger partial charge < -0.3 is 4.74 Å². The van der Waals surface area contributed by atoms with Gasteiger partial charge in [0, 0.05) is 19.3 Å². The molecule has 0 unspecified atom stereocenters. The van der Waals surface area contributed by atoms with Crippen LogP contribution >= 0.6 is 0 Å². The van der Waals surface area contributed by atoms with E-state index in [1.807, 2.05) is 6.92 Å². The van der Waals surface area contributed by atoms with Crippen LogP contribution < -0.4 is 0 Å². The Balaban J connectivity index is 3.05. The Morgan fingerprint density at radius 2 is 0.786 bits per heavy atom. The van der Waals surface area contributed by atoms with Gasteiger partial charge in [0.1, 0.15) is 5.78 Å². The normalized spacial score (nSPS) is 10.9. The Morgan fingerprint density at radius 3 is 1.07 bits per heavy atom. The molecule has 3 nitrogen and oxygen atoms in total. The maximum Gasteiger partial charge on any atom is 0.305 e. The van der Waals surface area contributed by atoms with E-state index in [4.69, 9.17) is 0 Å². The summed E-state index contributed by atoms with van der Waals surface area (Å²) in [6.07, 6.45) is 25.7. The molecule has 0 bridgehead atoms. The van der Waals surface area contributed by atoms with Gasteiger partial charge in [0.25, 0.3) is 0 Å². The molecular formula is C25H48O3. The van der Waals surface area contributed by atoms with Gasteiger partial charge in [-0.1, -0.05) is 110 Å². The lowest BCUT2D eigenvalue weighted by Gasteiger charge is -2.04. The first-order valence-corrected chi connectivity index (χ1v) is 12.3. The second kappa shape index (κ2) is 22.4. The lowest BCUT2D eigenvalue weighted by Crippen LogP contribution is -1.99. The van der Waals surface area contributed by atoms with Crippen LogP contribution in [0.15, 0.2) is 0 Å². The number of unbranched alkanes of at least 4 members (excludes halogenated alkanes) is 17. The number of carbonyl (C=O) groups excluding carboxylic acids is 2. The highest BCUT2D eigenvalue weighted by Crippen LogP contribution is 2.15. The van der Waals surface area contributed by atoms with Crippen LogP contribution in [0.1, 0.15) is 142 Å². The molecule has 0 aliphatic rings. The summed E-state index contributed by atoms with van der Waals surface area (Å²) in [6.45, 7) is 1.96. The topological polar surface area (TPSA) is 43.4 Å². The number of hydrogen-bond acceptors (Lipinski definition) is 3. The highest BCUT2D eigenvalue weighted by atomic mass is 16.5. The quantitative estimate of drug-likeness (QED) is 0.138. The van der Waals surface area contributed by atoms with Crippen LogP contribution in [0.25, 0.3) is 0 Å². The summed E-state index contributed by atoms with van der Waals surface area (Å²) in [5, 5.41) is 0. The Labute approximate surface area is 175 Å². The van der Waals surface area contributed by atoms with E-state index in [9.17, 15) is 9.59 Å². The van der Waals surface area contributed by atoms with Gasteiger partial charge in [-0.2, -0.15) is 0 Å². The van der Waals surface area contributed by atoms with E-state index in [-0.39, 0.29) is 5.97 Å². The lowest BCUT2D eigenvalue weighted by atomic mass is 10.0. The average molecular weight is 397 g/mol. The molecule has 0 aromatic heterocycles. The van der Waals surface area contributed by atoms with Crippen molar-refractivity contribution in [1.29, 1.82) is 0 Å². The molecule has 0 fully saturated rings. The highest BCUT2D eigenvalue weighted by Gasteiger charge is 2.00. The molecule has 0 heterocycles. The predicted octanol–water partition coefficient (Wildman–Crippen LogP) is 7.94. The number of methoxy groups -OCH3 is 1. The number of Topliss-reactive ketones (excluding diaryl/α,β-unsaturated/α-hetero) is 1. The summed E-state index contributed by atoms with van der Waals surface area (Å²) in [5.41, 5.74) is 0. The predicted molar refractivity (Wildman–Crippen MR) is 120 cm³/mol. The van der Waals surface area contributed by atoms with Crippen molar-refractivity contribution in [2.75, 3.05) is 7.11 Å². The van der Waals surface area contributed by atoms with E-state index >= 15 is 0 Å². The fourth-order valence-corrected chi connectivity index (χ4v) is 3.70. The van der Waals surface area contributed by atoms with Gasteiger partial charge in [-0.3, -0.25) is 9.59 Å². The Kier molecular flexibility index (Phi) is 21.7. The van der Waals surface area contributed by atoms with Gasteiger partial charge in [-0.25, -0.2) is 0 Å². The van der Waals surface area contributed by atoms with Crippen molar-refractivity contribution in [3.8, 4) is 0 Å². The van der Waals surface area contributed by atoms with Crippen molar-refractivity contribution in [2.45, 2.75) is 142 Å². The van der Waals surface area contributed by atoms with Gasteiger partial charge in [0.2, 0.25) is 0 Å². The maximum atomic E-state index is 11.2. The molecule has 0 saturated heterocycles. The van der Waals surface area contributed by atoms with E-state index in [0.29, 0.717) is 18.6 Å². The molecule has 28 heavy (non-hydrogen) atoms. The van der Waals surface area contributed by atoms with Gasteiger partial charge in [-0.15, -0.1) is 0 Å². The molecule has 0 rings (SSSR count). The fourth-order valence-electron chi connectivity index (χ4n) is 3.70. The monoisotopic (exact) mass is 396 g/mol. The molecule has 0 atom stereocenters. The number of carbonyl (C=O) groups is 2. The number of ketones is 1. The SMILES string of the molecule is CCC(=O)CCCCCCCCCCCCCCCCCCCCC(=O)OC. The molecule has 0 spiro atoms. The van der Waals surface area contributed by atoms with Crippen molar-refractivity contribution in [3.63, 3.8) is 0 Å². The molecule has 166 valence electrons. The van der Waals surface area contributed by atoms with Gasteiger partial charge in [0.05, 0.1) is 7.11 Å². The molecule has 0 aromatic rings. The molecule has 0 radical (unpaired) electrons. The number of ether oxygens (including phenoxy) is 1. The Morgan fingerprint density at radius 1 is 0.500 bits per heavy atom. The minimum absolute atomic E-state index is 0.0726. The fraction of sp³-hybridized carbons (Fsp3) is 0.920. The van der Waals surface area contributed by atoms with Crippen molar-refractivity contribution in [2.24, 2.45) is 0 Å². The van der Waals surface area contributed by atoms with Crippen molar-refractivity contribution in [1.82, 2.24) is 0 Å². The minimum Gasteiger partial charge on any atom is -0.469 e. The van der Waals surface area contributed by atoms with E-state index in [2.05, 4.69) is 4.74 Å². The van der Waals surface area contributed by atoms with E-state index < -0.39 is 0 Å². The van der Waals surface area contributed by atoms with Gasteiger partial charge >= 0.3 is 5.97 Å². The second-order valence-corrected chi connectivity index (χ2v) is 8.33. The zero-order valence-corrected chi connectivity index (χ0v) is 19.1. The van der Waals surface area contributed by atoms with Crippen molar-refractivity contribution in [3.05, 3.63) is 0 Å². The zero-order chi connectivity index (χ0) is 20.7. The van der Waals surface area contributed by atoms with Crippen molar-refractivity contribution < 1.29 is 14.3 Å². The number of hydrogen-bond donors (Lipinski definition) is 0. The molecular weight excluding hydrogens is 348 g/mol. The number of rotatable bonds is 22. The summed E-state index contributed by atoms with van der Waals surface area (Å²) >= 11 is 0. The summed E-state index contributed by atoms with van der Waals surface area (Å²) in [4.78, 5) is 22.2. The van der Waals surface area contributed by atoms with Crippen LogP contribution in [0.4, 0.5) is 0 Å². The third-order valence-electron chi connectivity index (χ3n) is 5.71. The van der Waals surface area contributed by atoms with Crippen LogP contribution in [0.5, 0.6) is 0 Å². The summed E-state index contributed by atoms with van der Waals surface area (Å²) in [6, 6.07) is 0. The van der Waals surface area contributed by atoms with E-state index in [0.717, 1.165) is 25.7 Å². The largest absolute Gasteiger partial charge is 0.469 e. The lowest BCUT2D eigenvalue weighted by molar-refractivity contribution is -0.140. The van der Waals surface area contributed by atoms with E-state index in [1.54, 1.807) is 0 Å². The minimum atomic E-state index is -0.0726. The summed E-state index contributed by atoms with van der Waals surface area (Å²) in [7, 11) is 1.46. The van der Waals surface area contributed by atoms with Crippen LogP contribution in [-0.2, 0) is 14.3 Å². The van der Waals surface area contributed by atoms with E-state index in [1.165, 1.54) is 103 Å². The van der Waals surface area contributed by atoms with Crippen LogP contribution in [0, 0.1) is 0 Å². The Hall–Kier alpha value is -0.860. The number of esters is 1. The standard InChI is InChI=1S/C25H48O3/c1-3-24(26)22-20-18-16-14-12-10-8-6-4-5-7-9-11-13-15-17-19-21-23-25(27)28-2/h3-23H2,1-2H3. The molecule has 0 amide bonds. The highest BCUT2D eigenvalue weighted by molar-refractivity contribution is 5.77. The smallest absolute Gasteiger partial charge is 0.305 e. The maximum absolute atomic E-state index is 11.2. The van der Waals surface area contributed by atoms with Gasteiger partial charge in [-0.05, 0) is 12.8 Å². The van der Waals surface area contributed by atoms with Gasteiger partial charge in [0.15, 0.2) is 0 Å². The molecule has 0 N–H and O–H groups in total. The van der Waals surface area contributed by atoms with Crippen LogP contribution in [0.3, 0.4) is 0 Å². The van der Waals surface area contributed by atoms with Crippen LogP contribution in [0.2, 0.25) is 0 Å². The van der Waals surface area contributed by atoms with Crippen molar-refractivity contribution >= 4 is 11.8 Å². The second-order valence-electron chi connectivity index (χ2n) is 8.33. The first kappa shape index (κ1) is 27.1. The third kappa shape index (κ3) is 21.4. The molecule has 0 saturated carbocycles. The average Bonchev–Trinajstić information content (AvgIpc) is 2.71. The first-order valence-electron chi connectivity index (χ1n) is 12.3. The molecule has 3 heteroatoms. The Bertz CT molecular complexity index is 318. The summed E-state index contributed by atoms with van der Waals surface area (Å²) < 4.78 is 4.65.